The summed E-state index contributed by atoms with van der Waals surface area (Å²) in [7, 11) is 0. The van der Waals surface area contributed by atoms with E-state index >= 15 is 0 Å². The number of rotatable bonds is 3. The second-order valence-corrected chi connectivity index (χ2v) is 6.10. The maximum atomic E-state index is 11.1. The quantitative estimate of drug-likeness (QED) is 0.835. The van der Waals surface area contributed by atoms with Crippen molar-refractivity contribution in [2.45, 2.75) is 32.3 Å². The standard InChI is InChI=1S/C13H17N3O5/c1-6(17)20-13(2,3)11-14-10(15-21-11)9-7-4-16(12(18)19)5-8(7)9/h7-9H,4-5H2,1-3H3,(H,18,19)/t7-,8+,9?. The Morgan fingerprint density at radius 1 is 1.38 bits per heavy atom. The van der Waals surface area contributed by atoms with Crippen LogP contribution in [0.25, 0.3) is 0 Å². The van der Waals surface area contributed by atoms with Crippen LogP contribution in [0.1, 0.15) is 38.4 Å². The van der Waals surface area contributed by atoms with Crippen LogP contribution in [-0.2, 0) is 15.1 Å². The van der Waals surface area contributed by atoms with E-state index in [1.165, 1.54) is 11.8 Å². The van der Waals surface area contributed by atoms with Gasteiger partial charge in [-0.05, 0) is 25.7 Å². The highest BCUT2D eigenvalue weighted by atomic mass is 16.6. The van der Waals surface area contributed by atoms with E-state index in [-0.39, 0.29) is 23.6 Å². The number of hydrogen-bond donors (Lipinski definition) is 1. The Labute approximate surface area is 121 Å². The molecule has 1 amide bonds. The first kappa shape index (κ1) is 13.8. The second kappa shape index (κ2) is 4.44. The van der Waals surface area contributed by atoms with Crippen LogP contribution in [0.3, 0.4) is 0 Å². The summed E-state index contributed by atoms with van der Waals surface area (Å²) in [5.41, 5.74) is -0.964. The predicted molar refractivity (Wildman–Crippen MR) is 68.4 cm³/mol. The first-order valence-corrected chi connectivity index (χ1v) is 6.81. The number of amides is 1. The number of carbonyl (C=O) groups is 2. The minimum atomic E-state index is -0.964. The Kier molecular flexibility index (Phi) is 2.93. The van der Waals surface area contributed by atoms with Crippen molar-refractivity contribution in [3.63, 3.8) is 0 Å². The van der Waals surface area contributed by atoms with Crippen molar-refractivity contribution in [2.75, 3.05) is 13.1 Å². The summed E-state index contributed by atoms with van der Waals surface area (Å²) in [5.74, 6) is 1.09. The van der Waals surface area contributed by atoms with Crippen molar-refractivity contribution in [1.82, 2.24) is 15.0 Å². The van der Waals surface area contributed by atoms with Gasteiger partial charge in [0.15, 0.2) is 11.4 Å². The molecule has 8 nitrogen and oxygen atoms in total. The fourth-order valence-corrected chi connectivity index (χ4v) is 3.08. The molecule has 0 radical (unpaired) electrons. The van der Waals surface area contributed by atoms with Crippen molar-refractivity contribution < 1.29 is 24.0 Å². The summed E-state index contributed by atoms with van der Waals surface area (Å²) in [5, 5.41) is 12.9. The van der Waals surface area contributed by atoms with Gasteiger partial charge in [0.2, 0.25) is 0 Å². The number of ether oxygens (including phenoxy) is 1. The number of esters is 1. The Morgan fingerprint density at radius 2 is 2.00 bits per heavy atom. The highest BCUT2D eigenvalue weighted by Gasteiger charge is 2.59. The maximum Gasteiger partial charge on any atom is 0.407 e. The van der Waals surface area contributed by atoms with E-state index in [4.69, 9.17) is 14.4 Å². The number of likely N-dealkylation sites (tertiary alicyclic amines) is 1. The van der Waals surface area contributed by atoms with E-state index in [1.54, 1.807) is 13.8 Å². The van der Waals surface area contributed by atoms with Crippen LogP contribution in [-0.4, -0.2) is 45.3 Å². The molecule has 1 saturated carbocycles. The molecular weight excluding hydrogens is 278 g/mol. The van der Waals surface area contributed by atoms with Crippen molar-refractivity contribution in [3.8, 4) is 0 Å². The highest BCUT2D eigenvalue weighted by Crippen LogP contribution is 2.57. The summed E-state index contributed by atoms with van der Waals surface area (Å²) in [6, 6.07) is 0. The highest BCUT2D eigenvalue weighted by molar-refractivity contribution is 5.66. The third kappa shape index (κ3) is 2.34. The Bertz CT molecular complexity index is 584. The molecule has 1 aromatic rings. The number of carboxylic acid groups (broad SMARTS) is 1. The Hall–Kier alpha value is -2.12. The molecule has 2 heterocycles. The van der Waals surface area contributed by atoms with Gasteiger partial charge >= 0.3 is 12.1 Å². The van der Waals surface area contributed by atoms with Crippen molar-refractivity contribution >= 4 is 12.1 Å². The second-order valence-electron chi connectivity index (χ2n) is 6.10. The van der Waals surface area contributed by atoms with Gasteiger partial charge in [-0.1, -0.05) is 5.16 Å². The first-order chi connectivity index (χ1) is 9.79. The molecule has 1 aliphatic heterocycles. The molecule has 1 unspecified atom stereocenters. The largest absolute Gasteiger partial charge is 0.465 e. The smallest absolute Gasteiger partial charge is 0.407 e. The van der Waals surface area contributed by atoms with Crippen LogP contribution in [0.5, 0.6) is 0 Å². The van der Waals surface area contributed by atoms with E-state index in [0.717, 1.165) is 0 Å². The molecule has 0 aromatic carbocycles. The molecule has 114 valence electrons. The van der Waals surface area contributed by atoms with Crippen molar-refractivity contribution in [3.05, 3.63) is 11.7 Å². The van der Waals surface area contributed by atoms with E-state index in [1.807, 2.05) is 0 Å². The van der Waals surface area contributed by atoms with Crippen LogP contribution in [0.15, 0.2) is 4.52 Å². The van der Waals surface area contributed by atoms with E-state index < -0.39 is 17.7 Å². The van der Waals surface area contributed by atoms with Crippen LogP contribution in [0.2, 0.25) is 0 Å². The molecule has 2 aliphatic rings. The number of aromatic nitrogens is 2. The lowest BCUT2D eigenvalue weighted by Gasteiger charge is -2.19. The van der Waals surface area contributed by atoms with E-state index in [2.05, 4.69) is 10.1 Å². The van der Waals surface area contributed by atoms with Gasteiger partial charge < -0.3 is 19.3 Å². The monoisotopic (exact) mass is 295 g/mol. The average molecular weight is 295 g/mol. The van der Waals surface area contributed by atoms with Crippen molar-refractivity contribution in [2.24, 2.45) is 11.8 Å². The topological polar surface area (TPSA) is 106 Å². The summed E-state index contributed by atoms with van der Waals surface area (Å²) >= 11 is 0. The van der Waals surface area contributed by atoms with Crippen molar-refractivity contribution in [1.29, 1.82) is 0 Å². The molecule has 0 bridgehead atoms. The predicted octanol–water partition coefficient (Wildman–Crippen LogP) is 1.19. The first-order valence-electron chi connectivity index (χ1n) is 6.81. The average Bonchev–Trinajstić information content (AvgIpc) is 2.82. The maximum absolute atomic E-state index is 11.1. The van der Waals surface area contributed by atoms with Gasteiger partial charge in [0.05, 0.1) is 0 Å². The molecule has 1 aliphatic carbocycles. The molecular formula is C13H17N3O5. The van der Waals surface area contributed by atoms with E-state index in [0.29, 0.717) is 18.9 Å². The van der Waals surface area contributed by atoms with Crippen LogP contribution >= 0.6 is 0 Å². The molecule has 3 rings (SSSR count). The molecule has 21 heavy (non-hydrogen) atoms. The summed E-state index contributed by atoms with van der Waals surface area (Å²) < 4.78 is 10.4. The molecule has 2 fully saturated rings. The normalized spacial score (nSPS) is 27.4. The summed E-state index contributed by atoms with van der Waals surface area (Å²) in [4.78, 5) is 27.7. The molecule has 0 spiro atoms. The molecule has 1 saturated heterocycles. The third-order valence-corrected chi connectivity index (χ3v) is 4.12. The number of carbonyl (C=O) groups excluding carboxylic acids is 1. The molecule has 1 N–H and O–H groups in total. The van der Waals surface area contributed by atoms with Crippen LogP contribution in [0, 0.1) is 11.8 Å². The number of piperidine rings is 1. The minimum absolute atomic E-state index is 0.145. The number of hydrogen-bond acceptors (Lipinski definition) is 6. The zero-order valence-corrected chi connectivity index (χ0v) is 12.1. The Balaban J connectivity index is 1.68. The number of nitrogens with zero attached hydrogens (tertiary/aromatic N) is 3. The lowest BCUT2D eigenvalue weighted by atomic mass is 10.1. The molecule has 3 atom stereocenters. The zero-order valence-electron chi connectivity index (χ0n) is 12.1. The summed E-state index contributed by atoms with van der Waals surface area (Å²) in [6.45, 7) is 5.73. The van der Waals surface area contributed by atoms with E-state index in [9.17, 15) is 9.59 Å². The van der Waals surface area contributed by atoms with Gasteiger partial charge in [-0.3, -0.25) is 4.79 Å². The lowest BCUT2D eigenvalue weighted by Crippen LogP contribution is -2.29. The van der Waals surface area contributed by atoms with Gasteiger partial charge in [-0.25, -0.2) is 4.79 Å². The van der Waals surface area contributed by atoms with Gasteiger partial charge in [-0.2, -0.15) is 4.98 Å². The SMILES string of the molecule is CC(=O)OC(C)(C)c1nc(C2[C@H]3CN(C(=O)O)C[C@@H]23)no1. The fraction of sp³-hybridized carbons (Fsp3) is 0.692. The number of fused-ring (bicyclic) bond motifs is 1. The Morgan fingerprint density at radius 3 is 2.52 bits per heavy atom. The van der Waals surface area contributed by atoms with Gasteiger partial charge in [0.25, 0.3) is 5.89 Å². The molecule has 8 heteroatoms. The fourth-order valence-electron chi connectivity index (χ4n) is 3.08. The minimum Gasteiger partial charge on any atom is -0.465 e. The van der Waals surface area contributed by atoms with Gasteiger partial charge in [0.1, 0.15) is 0 Å². The lowest BCUT2D eigenvalue weighted by molar-refractivity contribution is -0.157. The summed E-state index contributed by atoms with van der Waals surface area (Å²) in [6.07, 6.45) is -0.884. The zero-order chi connectivity index (χ0) is 15.4. The van der Waals surface area contributed by atoms with Gasteiger partial charge in [-0.15, -0.1) is 0 Å². The van der Waals surface area contributed by atoms with Gasteiger partial charge in [0, 0.05) is 25.9 Å². The third-order valence-electron chi connectivity index (χ3n) is 4.12. The molecule has 1 aromatic heterocycles. The van der Waals surface area contributed by atoms with Crippen LogP contribution in [0.4, 0.5) is 4.79 Å². The van der Waals surface area contributed by atoms with Crippen LogP contribution < -0.4 is 0 Å².